The second-order valence-corrected chi connectivity index (χ2v) is 8.21. The van der Waals surface area contributed by atoms with Crippen LogP contribution in [0.1, 0.15) is 52.4 Å². The molecule has 0 amide bonds. The van der Waals surface area contributed by atoms with Crippen molar-refractivity contribution >= 4 is 11.8 Å². The van der Waals surface area contributed by atoms with Gasteiger partial charge in [-0.1, -0.05) is 26.2 Å². The molecule has 3 heteroatoms. The van der Waals surface area contributed by atoms with E-state index >= 15 is 0 Å². The molecule has 112 valence electrons. The van der Waals surface area contributed by atoms with Gasteiger partial charge in [0.1, 0.15) is 0 Å². The fraction of sp³-hybridized carbons (Fsp3) is 1.00. The van der Waals surface area contributed by atoms with Crippen molar-refractivity contribution in [3.63, 3.8) is 0 Å². The van der Waals surface area contributed by atoms with Crippen LogP contribution in [0.2, 0.25) is 0 Å². The molecule has 1 aliphatic carbocycles. The summed E-state index contributed by atoms with van der Waals surface area (Å²) in [5.41, 5.74) is 0. The zero-order chi connectivity index (χ0) is 13.9. The third-order valence-corrected chi connectivity index (χ3v) is 6.91. The number of hydrogen-bond acceptors (Lipinski definition) is 3. The Morgan fingerprint density at radius 2 is 1.89 bits per heavy atom. The zero-order valence-corrected chi connectivity index (χ0v) is 14.1. The first kappa shape index (κ1) is 15.7. The van der Waals surface area contributed by atoms with E-state index in [1.807, 2.05) is 0 Å². The molecule has 0 bridgehead atoms. The molecule has 2 fully saturated rings. The van der Waals surface area contributed by atoms with Crippen LogP contribution in [0.25, 0.3) is 0 Å². The first-order valence-corrected chi connectivity index (χ1v) is 9.27. The Bertz CT molecular complexity index is 276. The quantitative estimate of drug-likeness (QED) is 0.852. The zero-order valence-electron chi connectivity index (χ0n) is 13.2. The van der Waals surface area contributed by atoms with Crippen LogP contribution in [0.4, 0.5) is 0 Å². The Balaban J connectivity index is 1.86. The maximum Gasteiger partial charge on any atom is 0.0281 e. The first-order chi connectivity index (χ1) is 9.06. The molecule has 2 aliphatic rings. The highest BCUT2D eigenvalue weighted by Gasteiger charge is 2.34. The fourth-order valence-corrected chi connectivity index (χ4v) is 4.72. The van der Waals surface area contributed by atoms with Gasteiger partial charge in [0.05, 0.1) is 0 Å². The van der Waals surface area contributed by atoms with Crippen molar-refractivity contribution in [2.45, 2.75) is 69.2 Å². The van der Waals surface area contributed by atoms with E-state index in [4.69, 9.17) is 0 Å². The standard InChI is InChI=1S/C16H32N2S/c1-13-11-18(3)14(2)10-15(13)17-12-16(19-4)8-6-5-7-9-16/h13-15,17H,5-12H2,1-4H3. The summed E-state index contributed by atoms with van der Waals surface area (Å²) >= 11 is 2.11. The molecule has 0 aromatic heterocycles. The largest absolute Gasteiger partial charge is 0.312 e. The van der Waals surface area contributed by atoms with Crippen LogP contribution in [0.5, 0.6) is 0 Å². The molecule has 1 N–H and O–H groups in total. The highest BCUT2D eigenvalue weighted by atomic mass is 32.2. The van der Waals surface area contributed by atoms with E-state index < -0.39 is 0 Å². The minimum Gasteiger partial charge on any atom is -0.312 e. The van der Waals surface area contributed by atoms with Crippen molar-refractivity contribution in [1.29, 1.82) is 0 Å². The van der Waals surface area contributed by atoms with Gasteiger partial charge in [-0.3, -0.25) is 0 Å². The van der Waals surface area contributed by atoms with Gasteiger partial charge in [0.15, 0.2) is 0 Å². The summed E-state index contributed by atoms with van der Waals surface area (Å²) in [5.74, 6) is 0.781. The average molecular weight is 285 g/mol. The Morgan fingerprint density at radius 3 is 2.53 bits per heavy atom. The third kappa shape index (κ3) is 3.89. The lowest BCUT2D eigenvalue weighted by molar-refractivity contribution is 0.119. The van der Waals surface area contributed by atoms with Gasteiger partial charge < -0.3 is 10.2 Å². The summed E-state index contributed by atoms with van der Waals surface area (Å²) in [4.78, 5) is 2.51. The van der Waals surface area contributed by atoms with Gasteiger partial charge in [0.2, 0.25) is 0 Å². The summed E-state index contributed by atoms with van der Waals surface area (Å²) < 4.78 is 0.532. The molecule has 0 radical (unpaired) electrons. The van der Waals surface area contributed by atoms with Crippen LogP contribution in [0, 0.1) is 5.92 Å². The summed E-state index contributed by atoms with van der Waals surface area (Å²) in [6.07, 6.45) is 10.8. The monoisotopic (exact) mass is 284 g/mol. The highest BCUT2D eigenvalue weighted by Crippen LogP contribution is 2.38. The topological polar surface area (TPSA) is 15.3 Å². The van der Waals surface area contributed by atoms with Crippen LogP contribution in [0.3, 0.4) is 0 Å². The predicted molar refractivity (Wildman–Crippen MR) is 87.0 cm³/mol. The molecule has 19 heavy (non-hydrogen) atoms. The van der Waals surface area contributed by atoms with Gasteiger partial charge in [0.25, 0.3) is 0 Å². The van der Waals surface area contributed by atoms with Gasteiger partial charge in [-0.05, 0) is 45.4 Å². The van der Waals surface area contributed by atoms with E-state index in [0.29, 0.717) is 4.75 Å². The highest BCUT2D eigenvalue weighted by molar-refractivity contribution is 8.00. The normalized spacial score (nSPS) is 36.3. The number of nitrogens with zero attached hydrogens (tertiary/aromatic N) is 1. The molecule has 1 aliphatic heterocycles. The van der Waals surface area contributed by atoms with Crippen LogP contribution >= 0.6 is 11.8 Å². The van der Waals surface area contributed by atoms with Crippen molar-refractivity contribution < 1.29 is 0 Å². The summed E-state index contributed by atoms with van der Waals surface area (Å²) in [5, 5.41) is 3.94. The van der Waals surface area contributed by atoms with Gasteiger partial charge in [-0.2, -0.15) is 11.8 Å². The van der Waals surface area contributed by atoms with Gasteiger partial charge in [0, 0.05) is 29.9 Å². The lowest BCUT2D eigenvalue weighted by atomic mass is 9.86. The summed E-state index contributed by atoms with van der Waals surface area (Å²) in [7, 11) is 2.27. The molecule has 0 spiro atoms. The number of piperidine rings is 1. The molecule has 0 aromatic carbocycles. The molecule has 1 saturated heterocycles. The van der Waals surface area contributed by atoms with Crippen LogP contribution in [0.15, 0.2) is 0 Å². The molecule has 2 rings (SSSR count). The van der Waals surface area contributed by atoms with Crippen molar-refractivity contribution in [3.05, 3.63) is 0 Å². The minimum atomic E-state index is 0.532. The second-order valence-electron chi connectivity index (χ2n) is 6.94. The lowest BCUT2D eigenvalue weighted by Gasteiger charge is -2.43. The van der Waals surface area contributed by atoms with Crippen LogP contribution < -0.4 is 5.32 Å². The van der Waals surface area contributed by atoms with Gasteiger partial charge >= 0.3 is 0 Å². The number of rotatable bonds is 4. The maximum absolute atomic E-state index is 3.94. The van der Waals surface area contributed by atoms with E-state index in [-0.39, 0.29) is 0 Å². The second kappa shape index (κ2) is 6.82. The van der Waals surface area contributed by atoms with Crippen molar-refractivity contribution in [1.82, 2.24) is 10.2 Å². The van der Waals surface area contributed by atoms with Gasteiger partial charge in [-0.25, -0.2) is 0 Å². The van der Waals surface area contributed by atoms with Crippen molar-refractivity contribution in [3.8, 4) is 0 Å². The van der Waals surface area contributed by atoms with E-state index in [2.05, 4.69) is 49.1 Å². The molecule has 1 heterocycles. The number of likely N-dealkylation sites (tertiary alicyclic amines) is 1. The minimum absolute atomic E-state index is 0.532. The molecule has 1 saturated carbocycles. The molecule has 0 aromatic rings. The van der Waals surface area contributed by atoms with E-state index in [1.54, 1.807) is 0 Å². The summed E-state index contributed by atoms with van der Waals surface area (Å²) in [6.45, 7) is 7.24. The smallest absolute Gasteiger partial charge is 0.0281 e. The average Bonchev–Trinajstić information content (AvgIpc) is 2.42. The number of hydrogen-bond donors (Lipinski definition) is 1. The van der Waals surface area contributed by atoms with Crippen molar-refractivity contribution in [2.24, 2.45) is 5.92 Å². The predicted octanol–water partition coefficient (Wildman–Crippen LogP) is 3.37. The summed E-state index contributed by atoms with van der Waals surface area (Å²) in [6, 6.07) is 1.45. The Kier molecular flexibility index (Phi) is 5.62. The SMILES string of the molecule is CSC1(CNC2CC(C)N(C)CC2C)CCCCC1. The lowest BCUT2D eigenvalue weighted by Crippen LogP contribution is -2.53. The van der Waals surface area contributed by atoms with E-state index in [0.717, 1.165) is 18.0 Å². The van der Waals surface area contributed by atoms with E-state index in [1.165, 1.54) is 51.6 Å². The molecular formula is C16H32N2S. The van der Waals surface area contributed by atoms with Crippen LogP contribution in [-0.4, -0.2) is 48.1 Å². The Hall–Kier alpha value is 0.270. The molecule has 3 unspecified atom stereocenters. The molecular weight excluding hydrogens is 252 g/mol. The Morgan fingerprint density at radius 1 is 1.21 bits per heavy atom. The Labute approximate surface area is 124 Å². The number of nitrogens with one attached hydrogen (secondary N) is 1. The van der Waals surface area contributed by atoms with Crippen molar-refractivity contribution in [2.75, 3.05) is 26.4 Å². The van der Waals surface area contributed by atoms with Gasteiger partial charge in [-0.15, -0.1) is 0 Å². The van der Waals surface area contributed by atoms with Crippen LogP contribution in [-0.2, 0) is 0 Å². The molecule has 3 atom stereocenters. The van der Waals surface area contributed by atoms with E-state index in [9.17, 15) is 0 Å². The maximum atomic E-state index is 3.94. The molecule has 2 nitrogen and oxygen atoms in total. The number of thioether (sulfide) groups is 1. The fourth-order valence-electron chi connectivity index (χ4n) is 3.79. The first-order valence-electron chi connectivity index (χ1n) is 8.05. The third-order valence-electron chi connectivity index (χ3n) is 5.49.